The first kappa shape index (κ1) is 28.3. The van der Waals surface area contributed by atoms with E-state index in [1.54, 1.807) is 0 Å². The molecule has 49 heavy (non-hydrogen) atoms. The van der Waals surface area contributed by atoms with E-state index in [4.69, 9.17) is 0 Å². The summed E-state index contributed by atoms with van der Waals surface area (Å²) in [5.74, 6) is 0. The molecule has 0 bridgehead atoms. The normalized spacial score (nSPS) is 12.7. The Bertz CT molecular complexity index is 2760. The van der Waals surface area contributed by atoms with Gasteiger partial charge in [-0.3, -0.25) is 0 Å². The average Bonchev–Trinajstić information content (AvgIpc) is 3.57. The van der Waals surface area contributed by atoms with Crippen molar-refractivity contribution < 1.29 is 0 Å². The van der Waals surface area contributed by atoms with Crippen LogP contribution in [0.4, 0.5) is 0 Å². The minimum absolute atomic E-state index is 1.10. The summed E-state index contributed by atoms with van der Waals surface area (Å²) in [4.78, 5) is 0. The number of aryl methyl sites for hydroxylation is 1. The highest BCUT2D eigenvalue weighted by Gasteiger charge is 2.16. The van der Waals surface area contributed by atoms with Gasteiger partial charge in [0, 0.05) is 20.2 Å². The Balaban J connectivity index is 0.988. The molecule has 0 aliphatic heterocycles. The Kier molecular flexibility index (Phi) is 6.60. The Morgan fingerprint density at radius 1 is 0.388 bits per heavy atom. The fourth-order valence-corrected chi connectivity index (χ4v) is 9.17. The standard InChI is InChI=1S/C48H32S/c1-2-16-41-39(14-1)40-15-3-4-17-42(40)46-30-36(26-27-43(41)46)35-12-7-10-33(28-35)31-22-24-32(25-23-31)34-11-8-13-37(29-34)38-19-9-20-45-44-18-5-6-21-47(44)49-48(38)45/h1,3-15,17-30H,2,16H2. The zero-order valence-corrected chi connectivity index (χ0v) is 27.8. The van der Waals surface area contributed by atoms with Crippen LogP contribution in [0.5, 0.6) is 0 Å². The molecule has 8 aromatic carbocycles. The van der Waals surface area contributed by atoms with Gasteiger partial charge in [0.05, 0.1) is 0 Å². The zero-order chi connectivity index (χ0) is 32.3. The molecule has 0 amide bonds. The lowest BCUT2D eigenvalue weighted by molar-refractivity contribution is 1.00. The quantitative estimate of drug-likeness (QED) is 0.168. The number of rotatable bonds is 4. The number of thiophene rings is 1. The molecule has 0 saturated carbocycles. The Morgan fingerprint density at radius 3 is 1.78 bits per heavy atom. The second-order valence-corrected chi connectivity index (χ2v) is 14.2. The third-order valence-electron chi connectivity index (χ3n) is 10.3. The van der Waals surface area contributed by atoms with Gasteiger partial charge in [0.1, 0.15) is 0 Å². The first-order chi connectivity index (χ1) is 24.3. The first-order valence-electron chi connectivity index (χ1n) is 17.1. The lowest BCUT2D eigenvalue weighted by Gasteiger charge is -2.18. The largest absolute Gasteiger partial charge is 0.135 e. The lowest BCUT2D eigenvalue weighted by Crippen LogP contribution is -1.98. The maximum Gasteiger partial charge on any atom is 0.0433 e. The van der Waals surface area contributed by atoms with Gasteiger partial charge in [-0.2, -0.15) is 0 Å². The Hall–Kier alpha value is -5.76. The SMILES string of the molecule is C1=Cc2c(c3ccc(-c4cccc(-c5ccc(-c6cccc(-c7cccc8c7sc7ccccc78)c6)cc5)c4)cc3c3ccccc23)CC1. The second kappa shape index (κ2) is 11.4. The molecule has 1 heteroatoms. The minimum atomic E-state index is 1.10. The van der Waals surface area contributed by atoms with Gasteiger partial charge in [0.15, 0.2) is 0 Å². The summed E-state index contributed by atoms with van der Waals surface area (Å²) in [6.07, 6.45) is 6.85. The van der Waals surface area contributed by atoms with Crippen LogP contribution in [0.15, 0.2) is 164 Å². The van der Waals surface area contributed by atoms with Crippen LogP contribution >= 0.6 is 11.3 Å². The van der Waals surface area contributed by atoms with Crippen LogP contribution in [0.2, 0.25) is 0 Å². The third kappa shape index (κ3) is 4.73. The highest BCUT2D eigenvalue weighted by atomic mass is 32.1. The molecule has 0 atom stereocenters. The molecule has 0 spiro atoms. The first-order valence-corrected chi connectivity index (χ1v) is 18.0. The van der Waals surface area contributed by atoms with Gasteiger partial charge in [0.2, 0.25) is 0 Å². The van der Waals surface area contributed by atoms with E-state index in [0.717, 1.165) is 12.8 Å². The Labute approximate surface area is 290 Å². The summed E-state index contributed by atoms with van der Waals surface area (Å²) in [6.45, 7) is 0. The van der Waals surface area contributed by atoms with Crippen molar-refractivity contribution >= 4 is 59.1 Å². The van der Waals surface area contributed by atoms with Crippen molar-refractivity contribution in [1.29, 1.82) is 0 Å². The van der Waals surface area contributed by atoms with Gasteiger partial charge in [0.25, 0.3) is 0 Å². The van der Waals surface area contributed by atoms with E-state index in [2.05, 4.69) is 170 Å². The zero-order valence-electron chi connectivity index (χ0n) is 27.0. The molecule has 0 saturated heterocycles. The molecular formula is C48H32S. The van der Waals surface area contributed by atoms with Crippen LogP contribution in [0.25, 0.3) is 92.3 Å². The minimum Gasteiger partial charge on any atom is -0.135 e. The summed E-state index contributed by atoms with van der Waals surface area (Å²) in [5, 5.41) is 8.10. The van der Waals surface area contributed by atoms with E-state index in [1.165, 1.54) is 97.4 Å². The van der Waals surface area contributed by atoms with Crippen LogP contribution in [0.1, 0.15) is 17.5 Å². The predicted octanol–water partition coefficient (Wildman–Crippen LogP) is 14.0. The second-order valence-electron chi connectivity index (χ2n) is 13.2. The van der Waals surface area contributed by atoms with Crippen LogP contribution in [-0.2, 0) is 6.42 Å². The number of benzene rings is 8. The van der Waals surface area contributed by atoms with E-state index < -0.39 is 0 Å². The van der Waals surface area contributed by atoms with Gasteiger partial charge >= 0.3 is 0 Å². The number of fused-ring (bicyclic) bond motifs is 9. The van der Waals surface area contributed by atoms with Crippen molar-refractivity contribution in [3.8, 4) is 44.5 Å². The highest BCUT2D eigenvalue weighted by molar-refractivity contribution is 7.26. The Morgan fingerprint density at radius 2 is 0.980 bits per heavy atom. The smallest absolute Gasteiger partial charge is 0.0433 e. The van der Waals surface area contributed by atoms with Gasteiger partial charge in [-0.05, 0) is 114 Å². The molecule has 1 aliphatic carbocycles. The van der Waals surface area contributed by atoms with Crippen LogP contribution in [-0.4, -0.2) is 0 Å². The molecule has 230 valence electrons. The molecule has 10 rings (SSSR count). The van der Waals surface area contributed by atoms with Crippen molar-refractivity contribution in [3.63, 3.8) is 0 Å². The lowest BCUT2D eigenvalue weighted by atomic mass is 9.85. The fraction of sp³-hybridized carbons (Fsp3) is 0.0417. The van der Waals surface area contributed by atoms with Crippen molar-refractivity contribution in [1.82, 2.24) is 0 Å². The van der Waals surface area contributed by atoms with E-state index in [9.17, 15) is 0 Å². The number of hydrogen-bond donors (Lipinski definition) is 0. The van der Waals surface area contributed by atoms with Crippen molar-refractivity contribution in [2.45, 2.75) is 12.8 Å². The average molecular weight is 641 g/mol. The van der Waals surface area contributed by atoms with Crippen molar-refractivity contribution in [2.24, 2.45) is 0 Å². The van der Waals surface area contributed by atoms with Crippen molar-refractivity contribution in [3.05, 3.63) is 175 Å². The third-order valence-corrected chi connectivity index (χ3v) is 11.6. The molecular weight excluding hydrogens is 609 g/mol. The maximum absolute atomic E-state index is 2.41. The summed E-state index contributed by atoms with van der Waals surface area (Å²) in [7, 11) is 0. The van der Waals surface area contributed by atoms with Gasteiger partial charge < -0.3 is 0 Å². The van der Waals surface area contributed by atoms with E-state index in [-0.39, 0.29) is 0 Å². The predicted molar refractivity (Wildman–Crippen MR) is 213 cm³/mol. The van der Waals surface area contributed by atoms with Crippen molar-refractivity contribution in [2.75, 3.05) is 0 Å². The monoisotopic (exact) mass is 640 g/mol. The molecule has 1 heterocycles. The van der Waals surface area contributed by atoms with Gasteiger partial charge in [-0.15, -0.1) is 11.3 Å². The van der Waals surface area contributed by atoms with Crippen LogP contribution in [0.3, 0.4) is 0 Å². The van der Waals surface area contributed by atoms with Gasteiger partial charge in [-0.1, -0.05) is 146 Å². The summed E-state index contributed by atoms with van der Waals surface area (Å²) >= 11 is 1.89. The molecule has 1 aliphatic rings. The molecule has 0 N–H and O–H groups in total. The summed E-state index contributed by atoms with van der Waals surface area (Å²) in [5.41, 5.74) is 12.9. The van der Waals surface area contributed by atoms with E-state index in [0.29, 0.717) is 0 Å². The van der Waals surface area contributed by atoms with Gasteiger partial charge in [-0.25, -0.2) is 0 Å². The van der Waals surface area contributed by atoms with Crippen LogP contribution < -0.4 is 0 Å². The van der Waals surface area contributed by atoms with Crippen LogP contribution in [0, 0.1) is 0 Å². The topological polar surface area (TPSA) is 0 Å². The molecule has 9 aromatic rings. The molecule has 0 radical (unpaired) electrons. The number of hydrogen-bond acceptors (Lipinski definition) is 1. The summed E-state index contributed by atoms with van der Waals surface area (Å²) < 4.78 is 2.69. The fourth-order valence-electron chi connectivity index (χ4n) is 7.93. The molecule has 0 nitrogen and oxygen atoms in total. The maximum atomic E-state index is 2.41. The summed E-state index contributed by atoms with van der Waals surface area (Å²) in [6, 6.07) is 58.4. The van der Waals surface area contributed by atoms with E-state index >= 15 is 0 Å². The highest BCUT2D eigenvalue weighted by Crippen LogP contribution is 2.41. The van der Waals surface area contributed by atoms with E-state index in [1.807, 2.05) is 11.3 Å². The number of allylic oxidation sites excluding steroid dienone is 1. The molecule has 0 unspecified atom stereocenters. The molecule has 0 fully saturated rings. The molecule has 1 aromatic heterocycles.